The fourth-order valence-electron chi connectivity index (χ4n) is 2.38. The first kappa shape index (κ1) is 13.5. The monoisotopic (exact) mass is 279 g/mol. The van der Waals surface area contributed by atoms with Gasteiger partial charge in [0.2, 0.25) is 5.91 Å². The van der Waals surface area contributed by atoms with Gasteiger partial charge in [-0.2, -0.15) is 0 Å². The highest BCUT2D eigenvalue weighted by Crippen LogP contribution is 2.13. The van der Waals surface area contributed by atoms with E-state index in [-0.39, 0.29) is 5.91 Å². The van der Waals surface area contributed by atoms with Gasteiger partial charge in [-0.1, -0.05) is 30.3 Å². The van der Waals surface area contributed by atoms with Crippen LogP contribution in [0.3, 0.4) is 0 Å². The van der Waals surface area contributed by atoms with E-state index in [4.69, 9.17) is 0 Å². The van der Waals surface area contributed by atoms with Gasteiger partial charge in [-0.3, -0.25) is 9.36 Å². The summed E-state index contributed by atoms with van der Waals surface area (Å²) >= 11 is 0. The molecule has 4 heteroatoms. The highest BCUT2D eigenvalue weighted by molar-refractivity contribution is 5.88. The first-order valence-electron chi connectivity index (χ1n) is 7.12. The number of carbonyl (C=O) groups is 1. The summed E-state index contributed by atoms with van der Waals surface area (Å²) in [5, 5.41) is 0. The van der Waals surface area contributed by atoms with Crippen LogP contribution >= 0.6 is 0 Å². The molecule has 0 radical (unpaired) electrons. The maximum atomic E-state index is 12.3. The van der Waals surface area contributed by atoms with Gasteiger partial charge in [0, 0.05) is 12.1 Å². The predicted octanol–water partition coefficient (Wildman–Crippen LogP) is 3.40. The minimum Gasteiger partial charge on any atom is -0.274 e. The van der Waals surface area contributed by atoms with Crippen molar-refractivity contribution in [1.82, 2.24) is 14.5 Å². The molecule has 0 saturated carbocycles. The summed E-state index contributed by atoms with van der Waals surface area (Å²) < 4.78 is 1.56. The smallest absolute Gasteiger partial charge is 0.233 e. The molecule has 0 saturated heterocycles. The zero-order valence-electron chi connectivity index (χ0n) is 12.0. The summed E-state index contributed by atoms with van der Waals surface area (Å²) in [6, 6.07) is 14.0. The summed E-state index contributed by atoms with van der Waals surface area (Å²) in [6.07, 6.45) is 3.80. The van der Waals surface area contributed by atoms with Gasteiger partial charge in [0.25, 0.3) is 0 Å². The quantitative estimate of drug-likeness (QED) is 0.735. The largest absolute Gasteiger partial charge is 0.274 e. The minimum absolute atomic E-state index is 0.0477. The van der Waals surface area contributed by atoms with E-state index in [2.05, 4.69) is 22.1 Å². The Labute approximate surface area is 123 Å². The van der Waals surface area contributed by atoms with Gasteiger partial charge in [0.1, 0.15) is 11.8 Å². The minimum atomic E-state index is 0.0477. The van der Waals surface area contributed by atoms with Gasteiger partial charge in [-0.05, 0) is 37.5 Å². The molecule has 0 amide bonds. The fraction of sp³-hybridized carbons (Fsp3) is 0.235. The standard InChI is InChI=1S/C17H17N3O/c1-13-10-11-15-17(19-13)20(12-18-15)16(21)9-5-8-14-6-3-2-4-7-14/h2-4,6-7,10-12H,5,8-9H2,1H3. The summed E-state index contributed by atoms with van der Waals surface area (Å²) in [5.41, 5.74) is 3.56. The molecule has 2 heterocycles. The van der Waals surface area contributed by atoms with Crippen LogP contribution in [0.5, 0.6) is 0 Å². The third kappa shape index (κ3) is 2.99. The van der Waals surface area contributed by atoms with Crippen LogP contribution < -0.4 is 0 Å². The Balaban J connectivity index is 1.68. The van der Waals surface area contributed by atoms with Crippen LogP contribution in [0.1, 0.15) is 28.9 Å². The number of nitrogens with zero attached hydrogens (tertiary/aromatic N) is 3. The highest BCUT2D eigenvalue weighted by atomic mass is 16.2. The van der Waals surface area contributed by atoms with Crippen LogP contribution in [0.2, 0.25) is 0 Å². The van der Waals surface area contributed by atoms with Crippen LogP contribution in [-0.2, 0) is 6.42 Å². The van der Waals surface area contributed by atoms with E-state index in [0.717, 1.165) is 24.1 Å². The highest BCUT2D eigenvalue weighted by Gasteiger charge is 2.11. The van der Waals surface area contributed by atoms with E-state index < -0.39 is 0 Å². The van der Waals surface area contributed by atoms with Crippen LogP contribution in [0.4, 0.5) is 0 Å². The zero-order valence-corrected chi connectivity index (χ0v) is 12.0. The van der Waals surface area contributed by atoms with Gasteiger partial charge in [0.15, 0.2) is 5.65 Å². The second-order valence-corrected chi connectivity index (χ2v) is 5.14. The lowest BCUT2D eigenvalue weighted by molar-refractivity contribution is 0.0904. The van der Waals surface area contributed by atoms with Crippen molar-refractivity contribution in [2.45, 2.75) is 26.2 Å². The van der Waals surface area contributed by atoms with Gasteiger partial charge >= 0.3 is 0 Å². The number of rotatable bonds is 4. The Hall–Kier alpha value is -2.49. The molecule has 21 heavy (non-hydrogen) atoms. The summed E-state index contributed by atoms with van der Waals surface area (Å²) in [5.74, 6) is 0.0477. The number of imidazole rings is 1. The molecule has 0 unspecified atom stereocenters. The summed E-state index contributed by atoms with van der Waals surface area (Å²) in [6.45, 7) is 1.91. The van der Waals surface area contributed by atoms with Crippen molar-refractivity contribution < 1.29 is 4.79 Å². The first-order valence-corrected chi connectivity index (χ1v) is 7.12. The van der Waals surface area contributed by atoms with Crippen molar-refractivity contribution in [3.05, 3.63) is 60.0 Å². The van der Waals surface area contributed by atoms with E-state index in [9.17, 15) is 4.79 Å². The molecule has 0 fully saturated rings. The van der Waals surface area contributed by atoms with E-state index in [1.165, 1.54) is 5.56 Å². The van der Waals surface area contributed by atoms with E-state index in [0.29, 0.717) is 12.1 Å². The van der Waals surface area contributed by atoms with Crippen LogP contribution in [0.15, 0.2) is 48.8 Å². The predicted molar refractivity (Wildman–Crippen MR) is 82.3 cm³/mol. The average molecular weight is 279 g/mol. The topological polar surface area (TPSA) is 47.8 Å². The molecule has 0 spiro atoms. The van der Waals surface area contributed by atoms with Gasteiger partial charge < -0.3 is 0 Å². The van der Waals surface area contributed by atoms with E-state index in [1.54, 1.807) is 10.9 Å². The first-order chi connectivity index (χ1) is 10.2. The number of aryl methyl sites for hydroxylation is 2. The van der Waals surface area contributed by atoms with Gasteiger partial charge in [0.05, 0.1) is 0 Å². The second-order valence-electron chi connectivity index (χ2n) is 5.14. The number of carbonyl (C=O) groups excluding carboxylic acids is 1. The fourth-order valence-corrected chi connectivity index (χ4v) is 2.38. The molecule has 0 atom stereocenters. The maximum absolute atomic E-state index is 12.3. The van der Waals surface area contributed by atoms with Crippen LogP contribution in [0.25, 0.3) is 11.2 Å². The molecule has 0 bridgehead atoms. The Morgan fingerprint density at radius 1 is 1.14 bits per heavy atom. The molecule has 106 valence electrons. The van der Waals surface area contributed by atoms with Gasteiger partial charge in [-0.25, -0.2) is 9.97 Å². The molecule has 0 aliphatic rings. The molecule has 3 rings (SSSR count). The molecule has 0 aliphatic heterocycles. The molecule has 3 aromatic rings. The summed E-state index contributed by atoms with van der Waals surface area (Å²) in [7, 11) is 0. The third-order valence-corrected chi connectivity index (χ3v) is 3.50. The lowest BCUT2D eigenvalue weighted by Gasteiger charge is -2.03. The molecule has 4 nitrogen and oxygen atoms in total. The molecule has 0 N–H and O–H groups in total. The normalized spacial score (nSPS) is 10.9. The number of benzene rings is 1. The number of aromatic nitrogens is 3. The zero-order chi connectivity index (χ0) is 14.7. The molecular weight excluding hydrogens is 262 g/mol. The lowest BCUT2D eigenvalue weighted by atomic mass is 10.1. The van der Waals surface area contributed by atoms with Crippen LogP contribution in [-0.4, -0.2) is 20.4 Å². The Morgan fingerprint density at radius 2 is 1.95 bits per heavy atom. The number of hydrogen-bond donors (Lipinski definition) is 0. The van der Waals surface area contributed by atoms with Crippen molar-refractivity contribution >= 4 is 17.1 Å². The van der Waals surface area contributed by atoms with E-state index in [1.807, 2.05) is 37.3 Å². The number of fused-ring (bicyclic) bond motifs is 1. The Morgan fingerprint density at radius 3 is 2.76 bits per heavy atom. The Kier molecular flexibility index (Phi) is 3.77. The Bertz CT molecular complexity index is 762. The van der Waals surface area contributed by atoms with Crippen molar-refractivity contribution in [2.75, 3.05) is 0 Å². The third-order valence-electron chi connectivity index (χ3n) is 3.50. The lowest BCUT2D eigenvalue weighted by Crippen LogP contribution is -2.10. The number of pyridine rings is 1. The average Bonchev–Trinajstić information content (AvgIpc) is 2.91. The SMILES string of the molecule is Cc1ccc2ncn(C(=O)CCCc3ccccc3)c2n1. The number of hydrogen-bond acceptors (Lipinski definition) is 3. The van der Waals surface area contributed by atoms with E-state index >= 15 is 0 Å². The maximum Gasteiger partial charge on any atom is 0.233 e. The van der Waals surface area contributed by atoms with Crippen molar-refractivity contribution in [1.29, 1.82) is 0 Å². The molecule has 0 aliphatic carbocycles. The summed E-state index contributed by atoms with van der Waals surface area (Å²) in [4.78, 5) is 20.9. The van der Waals surface area contributed by atoms with Crippen molar-refractivity contribution in [3.63, 3.8) is 0 Å². The van der Waals surface area contributed by atoms with Crippen molar-refractivity contribution in [2.24, 2.45) is 0 Å². The van der Waals surface area contributed by atoms with Gasteiger partial charge in [-0.15, -0.1) is 0 Å². The van der Waals surface area contributed by atoms with Crippen molar-refractivity contribution in [3.8, 4) is 0 Å². The molecule has 1 aromatic carbocycles. The molecule has 2 aromatic heterocycles. The van der Waals surface area contributed by atoms with Crippen LogP contribution in [0, 0.1) is 6.92 Å². The second kappa shape index (κ2) is 5.87. The molecular formula is C17H17N3O.